The van der Waals surface area contributed by atoms with Crippen molar-refractivity contribution in [3.05, 3.63) is 22.3 Å². The summed E-state index contributed by atoms with van der Waals surface area (Å²) in [5.41, 5.74) is -3.21. The molecule has 1 aromatic rings. The quantitative estimate of drug-likeness (QED) is 0.802. The first-order chi connectivity index (χ1) is 8.55. The van der Waals surface area contributed by atoms with Gasteiger partial charge in [0.1, 0.15) is 11.4 Å². The Kier molecular flexibility index (Phi) is 3.23. The highest BCUT2D eigenvalue weighted by Crippen LogP contribution is 2.51. The first-order valence-corrected chi connectivity index (χ1v) is 5.92. The van der Waals surface area contributed by atoms with Crippen molar-refractivity contribution in [3.63, 3.8) is 0 Å². The number of hydrogen-bond donors (Lipinski definition) is 1. The van der Waals surface area contributed by atoms with Crippen LogP contribution in [0.3, 0.4) is 0 Å². The van der Waals surface area contributed by atoms with E-state index in [0.717, 1.165) is 6.20 Å². The van der Waals surface area contributed by atoms with Crippen molar-refractivity contribution >= 4 is 21.7 Å². The van der Waals surface area contributed by atoms with Crippen LogP contribution >= 0.6 is 15.9 Å². The summed E-state index contributed by atoms with van der Waals surface area (Å²) in [4.78, 5) is 3.53. The van der Waals surface area contributed by atoms with Crippen molar-refractivity contribution in [1.29, 1.82) is 0 Å². The third-order valence-corrected chi connectivity index (χ3v) is 3.45. The fourth-order valence-corrected chi connectivity index (χ4v) is 2.02. The lowest BCUT2D eigenvalue weighted by Crippen LogP contribution is -2.39. The number of nitrogens with zero attached hydrogens (tertiary/aromatic N) is 1. The summed E-state index contributed by atoms with van der Waals surface area (Å²) in [7, 11) is 0. The molecule has 0 amide bonds. The van der Waals surface area contributed by atoms with Crippen molar-refractivity contribution in [1.82, 2.24) is 4.98 Å². The molecule has 0 bridgehead atoms. The van der Waals surface area contributed by atoms with Gasteiger partial charge in [0.15, 0.2) is 0 Å². The van der Waals surface area contributed by atoms with Crippen molar-refractivity contribution < 1.29 is 26.3 Å². The van der Waals surface area contributed by atoms with Crippen LogP contribution < -0.4 is 5.32 Å². The molecule has 0 radical (unpaired) electrons. The Bertz CT molecular complexity index is 492. The Morgan fingerprint density at radius 1 is 1.16 bits per heavy atom. The molecule has 106 valence electrons. The second kappa shape index (κ2) is 4.26. The molecular weight excluding hydrogens is 342 g/mol. The Hall–Kier alpha value is -0.990. The molecule has 1 saturated carbocycles. The van der Waals surface area contributed by atoms with Crippen LogP contribution in [0.25, 0.3) is 0 Å². The second-order valence-corrected chi connectivity index (χ2v) is 5.11. The number of nitrogens with one attached hydrogen (secondary N) is 1. The van der Waals surface area contributed by atoms with Gasteiger partial charge in [0.2, 0.25) is 0 Å². The van der Waals surface area contributed by atoms with Gasteiger partial charge >= 0.3 is 12.4 Å². The van der Waals surface area contributed by atoms with Gasteiger partial charge in [0.25, 0.3) is 0 Å². The number of halogens is 7. The Balaban J connectivity index is 2.29. The molecule has 0 spiro atoms. The molecule has 2 nitrogen and oxygen atoms in total. The zero-order chi connectivity index (χ0) is 14.5. The van der Waals surface area contributed by atoms with E-state index in [4.69, 9.17) is 0 Å². The van der Waals surface area contributed by atoms with Crippen molar-refractivity contribution in [2.24, 2.45) is 0 Å². The number of aromatic nitrogens is 1. The lowest BCUT2D eigenvalue weighted by atomic mass is 10.2. The van der Waals surface area contributed by atoms with E-state index in [1.165, 1.54) is 0 Å². The molecule has 2 rings (SSSR count). The molecular formula is C10H7BrF6N2. The molecule has 1 aliphatic carbocycles. The van der Waals surface area contributed by atoms with E-state index in [2.05, 4.69) is 26.2 Å². The van der Waals surface area contributed by atoms with Crippen LogP contribution in [-0.4, -0.2) is 16.7 Å². The third kappa shape index (κ3) is 2.80. The zero-order valence-corrected chi connectivity index (χ0v) is 10.7. The maximum atomic E-state index is 12.7. The van der Waals surface area contributed by atoms with E-state index in [0.29, 0.717) is 6.07 Å². The summed E-state index contributed by atoms with van der Waals surface area (Å²) in [5.74, 6) is -0.439. The van der Waals surface area contributed by atoms with Crippen LogP contribution in [0.2, 0.25) is 0 Å². The molecule has 1 heterocycles. The summed E-state index contributed by atoms with van der Waals surface area (Å²) >= 11 is 2.67. The first-order valence-electron chi connectivity index (χ1n) is 5.13. The molecule has 0 saturated heterocycles. The normalized spacial score (nSPS) is 18.3. The fraction of sp³-hybridized carbons (Fsp3) is 0.500. The number of alkyl halides is 6. The first kappa shape index (κ1) is 14.4. The maximum Gasteiger partial charge on any atom is 0.417 e. The van der Waals surface area contributed by atoms with Crippen LogP contribution in [0, 0.1) is 0 Å². The molecule has 0 aromatic carbocycles. The van der Waals surface area contributed by atoms with Gasteiger partial charge in [0, 0.05) is 10.7 Å². The molecule has 1 N–H and O–H groups in total. The SMILES string of the molecule is FC(F)(F)c1cc(NC2(C(F)(F)F)CC2)ncc1Br. The highest BCUT2D eigenvalue weighted by atomic mass is 79.9. The molecule has 1 aliphatic rings. The van der Waals surface area contributed by atoms with Crippen LogP contribution in [0.5, 0.6) is 0 Å². The van der Waals surface area contributed by atoms with Gasteiger partial charge in [-0.3, -0.25) is 0 Å². The Morgan fingerprint density at radius 2 is 1.74 bits per heavy atom. The minimum atomic E-state index is -4.66. The van der Waals surface area contributed by atoms with E-state index < -0.39 is 29.3 Å². The topological polar surface area (TPSA) is 24.9 Å². The predicted octanol–water partition coefficient (Wildman–Crippen LogP) is 4.37. The van der Waals surface area contributed by atoms with E-state index in [1.807, 2.05) is 0 Å². The van der Waals surface area contributed by atoms with Crippen LogP contribution in [0.4, 0.5) is 32.2 Å². The van der Waals surface area contributed by atoms with E-state index in [1.54, 1.807) is 0 Å². The smallest absolute Gasteiger partial charge is 0.356 e. The molecule has 1 aromatic heterocycles. The standard InChI is InChI=1S/C10H7BrF6N2/c11-6-4-18-7(3-5(6)9(12,13)14)19-8(1-2-8)10(15,16)17/h3-4H,1-2H2,(H,18,19). The Labute approximate surface area is 112 Å². The molecule has 0 atom stereocenters. The highest BCUT2D eigenvalue weighted by Gasteiger charge is 2.63. The van der Waals surface area contributed by atoms with Gasteiger partial charge in [-0.25, -0.2) is 4.98 Å². The summed E-state index contributed by atoms with van der Waals surface area (Å²) in [5, 5.41) is 2.05. The van der Waals surface area contributed by atoms with E-state index >= 15 is 0 Å². The van der Waals surface area contributed by atoms with Gasteiger partial charge in [-0.1, -0.05) is 0 Å². The monoisotopic (exact) mass is 348 g/mol. The Morgan fingerprint density at radius 3 is 2.16 bits per heavy atom. The van der Waals surface area contributed by atoms with Crippen molar-refractivity contribution in [3.8, 4) is 0 Å². The van der Waals surface area contributed by atoms with Gasteiger partial charge in [-0.2, -0.15) is 26.3 Å². The maximum absolute atomic E-state index is 12.7. The molecule has 19 heavy (non-hydrogen) atoms. The number of pyridine rings is 1. The molecule has 0 aliphatic heterocycles. The summed E-state index contributed by atoms with van der Waals surface area (Å²) in [6.45, 7) is 0. The lowest BCUT2D eigenvalue weighted by Gasteiger charge is -2.22. The second-order valence-electron chi connectivity index (χ2n) is 4.25. The number of hydrogen-bond acceptors (Lipinski definition) is 2. The van der Waals surface area contributed by atoms with Gasteiger partial charge in [-0.05, 0) is 34.8 Å². The number of anilines is 1. The molecule has 0 unspecified atom stereocenters. The largest absolute Gasteiger partial charge is 0.417 e. The van der Waals surface area contributed by atoms with Crippen LogP contribution in [0.15, 0.2) is 16.7 Å². The highest BCUT2D eigenvalue weighted by molar-refractivity contribution is 9.10. The number of rotatable bonds is 2. The summed E-state index contributed by atoms with van der Waals surface area (Å²) < 4.78 is 75.5. The van der Waals surface area contributed by atoms with Gasteiger partial charge < -0.3 is 5.32 Å². The van der Waals surface area contributed by atoms with E-state index in [-0.39, 0.29) is 17.3 Å². The average molecular weight is 349 g/mol. The predicted molar refractivity (Wildman–Crippen MR) is 58.6 cm³/mol. The van der Waals surface area contributed by atoms with Gasteiger partial charge in [0.05, 0.1) is 5.56 Å². The summed E-state index contributed by atoms with van der Waals surface area (Å²) in [6, 6.07) is 0.565. The molecule has 9 heteroatoms. The molecule has 1 fully saturated rings. The van der Waals surface area contributed by atoms with Crippen molar-refractivity contribution in [2.75, 3.05) is 5.32 Å². The van der Waals surface area contributed by atoms with Crippen LogP contribution in [0.1, 0.15) is 18.4 Å². The lowest BCUT2D eigenvalue weighted by molar-refractivity contribution is -0.151. The van der Waals surface area contributed by atoms with Crippen molar-refractivity contribution in [2.45, 2.75) is 30.7 Å². The van der Waals surface area contributed by atoms with Crippen LogP contribution in [-0.2, 0) is 6.18 Å². The third-order valence-electron chi connectivity index (χ3n) is 2.82. The minimum absolute atomic E-state index is 0.171. The average Bonchev–Trinajstić information content (AvgIpc) is 2.99. The fourth-order valence-electron chi connectivity index (χ4n) is 1.57. The minimum Gasteiger partial charge on any atom is -0.356 e. The van der Waals surface area contributed by atoms with Gasteiger partial charge in [-0.15, -0.1) is 0 Å². The zero-order valence-electron chi connectivity index (χ0n) is 9.16. The summed E-state index contributed by atoms with van der Waals surface area (Å²) in [6.07, 6.45) is -8.68. The van der Waals surface area contributed by atoms with E-state index in [9.17, 15) is 26.3 Å².